The van der Waals surface area contributed by atoms with E-state index in [0.717, 1.165) is 54.7 Å². The summed E-state index contributed by atoms with van der Waals surface area (Å²) in [6, 6.07) is 9.99. The Morgan fingerprint density at radius 1 is 1.08 bits per heavy atom. The van der Waals surface area contributed by atoms with Gasteiger partial charge >= 0.3 is 6.09 Å². The van der Waals surface area contributed by atoms with Gasteiger partial charge in [0.2, 0.25) is 0 Å². The molecule has 2 aliphatic rings. The highest BCUT2D eigenvalue weighted by Crippen LogP contribution is 2.32. The molecular weight excluding hydrogens is 624 g/mol. The number of ether oxygens (including phenoxy) is 2. The molecule has 1 saturated heterocycles. The molecule has 0 aliphatic carbocycles. The highest BCUT2D eigenvalue weighted by Gasteiger charge is 2.30. The summed E-state index contributed by atoms with van der Waals surface area (Å²) in [6.45, 7) is 13.3. The molecule has 0 aromatic heterocycles. The normalized spacial score (nSPS) is 16.3. The maximum atomic E-state index is 13.6. The molecule has 0 saturated carbocycles. The smallest absolute Gasteiger partial charge is 0.408 e. The van der Waals surface area contributed by atoms with Gasteiger partial charge in [-0.2, -0.15) is 0 Å². The molecule has 5 N–H and O–H groups in total. The third-order valence-electron chi connectivity index (χ3n) is 8.44. The molecule has 2 amide bonds. The molecule has 0 radical (unpaired) electrons. The molecule has 2 aromatic carbocycles. The number of amides is 2. The zero-order valence-electron chi connectivity index (χ0n) is 29.7. The fourth-order valence-corrected chi connectivity index (χ4v) is 5.81. The second-order valence-corrected chi connectivity index (χ2v) is 14.7. The number of nitrogens with one attached hydrogen (secondary N) is 4. The molecule has 4 rings (SSSR count). The summed E-state index contributed by atoms with van der Waals surface area (Å²) in [4.78, 5) is 39.5. The predicted molar refractivity (Wildman–Crippen MR) is 191 cm³/mol. The molecule has 1 atom stereocenters. The minimum atomic E-state index is -0.936. The van der Waals surface area contributed by atoms with Crippen LogP contribution < -0.4 is 16.1 Å². The monoisotopic (exact) mass is 676 g/mol. The average Bonchev–Trinajstić information content (AvgIpc) is 3.05. The highest BCUT2D eigenvalue weighted by atomic mass is 16.6. The highest BCUT2D eigenvalue weighted by molar-refractivity contribution is 6.14. The second-order valence-electron chi connectivity index (χ2n) is 14.7. The van der Waals surface area contributed by atoms with Crippen LogP contribution >= 0.6 is 0 Å². The number of alkyl carbamates (subject to hydrolysis) is 1. The first-order valence-corrected chi connectivity index (χ1v) is 16.9. The molecule has 12 heteroatoms. The van der Waals surface area contributed by atoms with E-state index in [0.29, 0.717) is 42.9 Å². The van der Waals surface area contributed by atoms with Crippen molar-refractivity contribution in [1.29, 1.82) is 5.41 Å². The molecular formula is C37H52N6O6. The number of likely N-dealkylation sites (N-methyl/N-ethyl adjacent to an activating group) is 1. The first-order chi connectivity index (χ1) is 23.1. The zero-order chi connectivity index (χ0) is 35.8. The Morgan fingerprint density at radius 3 is 2.51 bits per heavy atom. The summed E-state index contributed by atoms with van der Waals surface area (Å²) < 4.78 is 10.5. The third-order valence-corrected chi connectivity index (χ3v) is 8.44. The van der Waals surface area contributed by atoms with Crippen LogP contribution in [-0.2, 0) is 25.5 Å². The molecule has 0 spiro atoms. The summed E-state index contributed by atoms with van der Waals surface area (Å²) >= 11 is 0. The van der Waals surface area contributed by atoms with Crippen molar-refractivity contribution < 1.29 is 29.0 Å². The quantitative estimate of drug-likeness (QED) is 0.148. The number of carbonyl (C=O) groups is 3. The number of hydrogen-bond acceptors (Lipinski definition) is 10. The third kappa shape index (κ3) is 11.0. The van der Waals surface area contributed by atoms with Gasteiger partial charge in [0.05, 0.1) is 12.3 Å². The van der Waals surface area contributed by atoms with Crippen LogP contribution in [0.5, 0.6) is 5.75 Å². The Hall–Kier alpha value is -4.42. The van der Waals surface area contributed by atoms with Crippen LogP contribution in [0, 0.1) is 10.8 Å². The van der Waals surface area contributed by atoms with E-state index in [9.17, 15) is 19.5 Å². The summed E-state index contributed by atoms with van der Waals surface area (Å²) in [7, 11) is 2.06. The lowest BCUT2D eigenvalue weighted by Crippen LogP contribution is -2.56. The van der Waals surface area contributed by atoms with Crippen molar-refractivity contribution in [3.05, 3.63) is 59.2 Å². The number of aromatic hydroxyl groups is 1. The van der Waals surface area contributed by atoms with E-state index >= 15 is 0 Å². The van der Waals surface area contributed by atoms with Crippen molar-refractivity contribution >= 4 is 29.9 Å². The van der Waals surface area contributed by atoms with Gasteiger partial charge in [-0.25, -0.2) is 10.2 Å². The predicted octanol–water partition coefficient (Wildman–Crippen LogP) is 4.86. The maximum Gasteiger partial charge on any atom is 0.408 e. The lowest BCUT2D eigenvalue weighted by atomic mass is 9.91. The Morgan fingerprint density at radius 2 is 1.86 bits per heavy atom. The summed E-state index contributed by atoms with van der Waals surface area (Å²) in [6.07, 6.45) is 4.10. The van der Waals surface area contributed by atoms with Crippen LogP contribution in [0.3, 0.4) is 0 Å². The summed E-state index contributed by atoms with van der Waals surface area (Å²) in [5, 5.41) is 27.8. The Kier molecular flexibility index (Phi) is 12.5. The molecule has 2 heterocycles. The van der Waals surface area contributed by atoms with Gasteiger partial charge < -0.3 is 30.1 Å². The van der Waals surface area contributed by atoms with Gasteiger partial charge in [-0.3, -0.25) is 20.0 Å². The maximum absolute atomic E-state index is 13.6. The number of hydrazine groups is 1. The lowest BCUT2D eigenvalue weighted by molar-refractivity contribution is -0.137. The average molecular weight is 677 g/mol. The molecule has 1 fully saturated rings. The van der Waals surface area contributed by atoms with Crippen molar-refractivity contribution in [2.45, 2.75) is 71.9 Å². The molecule has 2 aromatic rings. The number of carbonyl (C=O) groups excluding carboxylic acids is 3. The summed E-state index contributed by atoms with van der Waals surface area (Å²) in [5.41, 5.74) is 7.05. The van der Waals surface area contributed by atoms with E-state index in [2.05, 4.69) is 34.1 Å². The van der Waals surface area contributed by atoms with Crippen LogP contribution in [0.15, 0.2) is 48.0 Å². The number of nitrogens with zero attached hydrogens (tertiary/aromatic N) is 2. The number of benzene rings is 2. The largest absolute Gasteiger partial charge is 0.508 e. The van der Waals surface area contributed by atoms with Crippen LogP contribution in [-0.4, -0.2) is 97.2 Å². The van der Waals surface area contributed by atoms with Gasteiger partial charge in [-0.1, -0.05) is 38.1 Å². The Bertz CT molecular complexity index is 1540. The van der Waals surface area contributed by atoms with Crippen molar-refractivity contribution in [3.8, 4) is 16.9 Å². The van der Waals surface area contributed by atoms with Gasteiger partial charge in [-0.05, 0) is 87.5 Å². The fourth-order valence-electron chi connectivity index (χ4n) is 5.81. The molecule has 49 heavy (non-hydrogen) atoms. The minimum Gasteiger partial charge on any atom is -0.508 e. The van der Waals surface area contributed by atoms with Crippen LogP contribution in [0.2, 0.25) is 0 Å². The molecule has 0 bridgehead atoms. The zero-order valence-corrected chi connectivity index (χ0v) is 29.7. The van der Waals surface area contributed by atoms with E-state index in [1.165, 1.54) is 0 Å². The van der Waals surface area contributed by atoms with Gasteiger partial charge in [0.15, 0.2) is 0 Å². The second kappa shape index (κ2) is 16.3. The van der Waals surface area contributed by atoms with Crippen molar-refractivity contribution in [3.63, 3.8) is 0 Å². The SMILES string of the molecule is CN1CC=C(C(=N)c2ccc(-c3cc(O)cc(CC(NC(=O)OC(C)(C)C)C(=O)N4CCCCN4)c3)cc2NCC(C)(C)COC=O)CC1. The molecule has 12 nitrogen and oxygen atoms in total. The number of rotatable bonds is 13. The minimum absolute atomic E-state index is 0.0158. The molecule has 2 aliphatic heterocycles. The van der Waals surface area contributed by atoms with Crippen molar-refractivity contribution in [1.82, 2.24) is 20.7 Å². The standard InChI is InChI=1S/C37H52N6O6/c1-36(2,3)49-35(47)41-32(34(46)43-14-8-7-13-40-43)19-25-17-28(20-29(45)18-25)27-9-10-30(33(38)26-11-15-42(6)16-12-26)31(21-27)39-22-37(4,5)23-48-24-44/h9-11,17-18,20-21,24,32,38-40,45H,7-8,12-16,19,22-23H2,1-6H3,(H,41,47). The lowest BCUT2D eigenvalue weighted by Gasteiger charge is -2.32. The first-order valence-electron chi connectivity index (χ1n) is 16.9. The van der Waals surface area contributed by atoms with Crippen molar-refractivity contribution in [2.75, 3.05) is 51.7 Å². The van der Waals surface area contributed by atoms with Gasteiger partial charge in [0, 0.05) is 55.8 Å². The topological polar surface area (TPSA) is 156 Å². The number of phenols is 1. The van der Waals surface area contributed by atoms with E-state index in [1.54, 1.807) is 37.9 Å². The number of hydrogen-bond donors (Lipinski definition) is 5. The first kappa shape index (κ1) is 37.4. The number of anilines is 1. The summed E-state index contributed by atoms with van der Waals surface area (Å²) in [5.74, 6) is -0.267. The van der Waals surface area contributed by atoms with E-state index < -0.39 is 17.7 Å². The number of phenolic OH excluding ortho intramolecular Hbond substituents is 1. The fraction of sp³-hybridized carbons (Fsp3) is 0.514. The molecule has 266 valence electrons. The van der Waals surface area contributed by atoms with Gasteiger partial charge in [0.1, 0.15) is 17.4 Å². The Balaban J connectivity index is 1.66. The van der Waals surface area contributed by atoms with Crippen LogP contribution in [0.25, 0.3) is 11.1 Å². The van der Waals surface area contributed by atoms with Gasteiger partial charge in [0.25, 0.3) is 12.4 Å². The Labute approximate surface area is 289 Å². The van der Waals surface area contributed by atoms with Crippen LogP contribution in [0.4, 0.5) is 10.5 Å². The van der Waals surface area contributed by atoms with Crippen molar-refractivity contribution in [2.24, 2.45) is 5.41 Å². The van der Waals surface area contributed by atoms with E-state index in [-0.39, 0.29) is 30.1 Å². The van der Waals surface area contributed by atoms with E-state index in [4.69, 9.17) is 14.9 Å². The molecule has 1 unspecified atom stereocenters. The van der Waals surface area contributed by atoms with Gasteiger partial charge in [-0.15, -0.1) is 0 Å². The van der Waals surface area contributed by atoms with Crippen LogP contribution in [0.1, 0.15) is 65.0 Å². The van der Waals surface area contributed by atoms with E-state index in [1.807, 2.05) is 38.1 Å².